The van der Waals surface area contributed by atoms with E-state index in [1.54, 1.807) is 11.8 Å². The molecule has 0 radical (unpaired) electrons. The van der Waals surface area contributed by atoms with Gasteiger partial charge in [-0.3, -0.25) is 4.79 Å². The molecular weight excluding hydrogens is 282 g/mol. The highest BCUT2D eigenvalue weighted by molar-refractivity contribution is 9.09. The van der Waals surface area contributed by atoms with E-state index in [1.807, 2.05) is 0 Å². The van der Waals surface area contributed by atoms with Crippen LogP contribution in [0.25, 0.3) is 0 Å². The average molecular weight is 294 g/mol. The molecule has 0 spiro atoms. The predicted octanol–water partition coefficient (Wildman–Crippen LogP) is 1.36. The second kappa shape index (κ2) is 6.17. The zero-order valence-corrected chi connectivity index (χ0v) is 10.8. The summed E-state index contributed by atoms with van der Waals surface area (Å²) in [6, 6.07) is 0. The zero-order chi connectivity index (χ0) is 11.3. The molecule has 1 aliphatic heterocycles. The summed E-state index contributed by atoms with van der Waals surface area (Å²) in [5.74, 6) is 0.0439. The van der Waals surface area contributed by atoms with Crippen molar-refractivity contribution in [2.45, 2.75) is 6.92 Å². The number of hydrogen-bond acceptors (Lipinski definition) is 4. The van der Waals surface area contributed by atoms with Gasteiger partial charge in [0.2, 0.25) is 5.91 Å². The number of carbonyl (C=O) groups excluding carboxylic acids is 2. The number of ether oxygens (including phenoxy) is 1. The Kier molecular flexibility index (Phi) is 5.17. The Balaban J connectivity index is 2.67. The van der Waals surface area contributed by atoms with Gasteiger partial charge in [-0.2, -0.15) is 0 Å². The number of carbonyl (C=O) groups is 2. The van der Waals surface area contributed by atoms with Crippen LogP contribution < -0.4 is 0 Å². The maximum Gasteiger partial charge on any atom is 0.333 e. The van der Waals surface area contributed by atoms with Gasteiger partial charge in [0.1, 0.15) is 0 Å². The standard InChI is InChI=1S/C9H12BrNO3S/c1-2-14-9(13)5-8-11(4-3-10)7(12)6-15-8/h5H,2-4,6H2,1H3/b8-5+. The summed E-state index contributed by atoms with van der Waals surface area (Å²) < 4.78 is 4.79. The molecule has 6 heteroatoms. The first-order chi connectivity index (χ1) is 7.19. The van der Waals surface area contributed by atoms with Crippen molar-refractivity contribution in [1.29, 1.82) is 0 Å². The van der Waals surface area contributed by atoms with Gasteiger partial charge in [-0.15, -0.1) is 0 Å². The predicted molar refractivity (Wildman–Crippen MR) is 62.7 cm³/mol. The van der Waals surface area contributed by atoms with E-state index in [0.717, 1.165) is 0 Å². The lowest BCUT2D eigenvalue weighted by molar-refractivity contribution is -0.137. The van der Waals surface area contributed by atoms with Crippen molar-refractivity contribution in [3.8, 4) is 0 Å². The Morgan fingerprint density at radius 2 is 2.47 bits per heavy atom. The molecule has 0 unspecified atom stereocenters. The van der Waals surface area contributed by atoms with E-state index in [4.69, 9.17) is 4.74 Å². The number of amides is 1. The molecule has 1 amide bonds. The van der Waals surface area contributed by atoms with Crippen molar-refractivity contribution in [2.75, 3.05) is 24.2 Å². The Bertz CT molecular complexity index is 293. The molecule has 84 valence electrons. The van der Waals surface area contributed by atoms with Gasteiger partial charge in [-0.25, -0.2) is 4.79 Å². The summed E-state index contributed by atoms with van der Waals surface area (Å²) >= 11 is 4.63. The molecule has 4 nitrogen and oxygen atoms in total. The lowest BCUT2D eigenvalue weighted by Gasteiger charge is -2.14. The molecule has 15 heavy (non-hydrogen) atoms. The SMILES string of the molecule is CCOC(=O)/C=C1/SCC(=O)N1CCBr. The highest BCUT2D eigenvalue weighted by Crippen LogP contribution is 2.28. The van der Waals surface area contributed by atoms with Crippen LogP contribution in [-0.4, -0.2) is 41.0 Å². The third-order valence-electron chi connectivity index (χ3n) is 1.75. The maximum absolute atomic E-state index is 11.4. The van der Waals surface area contributed by atoms with E-state index in [0.29, 0.717) is 29.3 Å². The number of hydrogen-bond donors (Lipinski definition) is 0. The van der Waals surface area contributed by atoms with Gasteiger partial charge in [0.25, 0.3) is 0 Å². The molecule has 1 rings (SSSR count). The molecule has 0 saturated carbocycles. The number of thioether (sulfide) groups is 1. The van der Waals surface area contributed by atoms with E-state index in [-0.39, 0.29) is 5.91 Å². The summed E-state index contributed by atoms with van der Waals surface area (Å²) in [5.41, 5.74) is 0. The van der Waals surface area contributed by atoms with Gasteiger partial charge >= 0.3 is 5.97 Å². The van der Waals surface area contributed by atoms with E-state index in [1.165, 1.54) is 17.8 Å². The number of nitrogens with zero attached hydrogens (tertiary/aromatic N) is 1. The van der Waals surface area contributed by atoms with E-state index < -0.39 is 5.97 Å². The average Bonchev–Trinajstić information content (AvgIpc) is 2.51. The van der Waals surface area contributed by atoms with Gasteiger partial charge < -0.3 is 9.64 Å². The van der Waals surface area contributed by atoms with Crippen LogP contribution >= 0.6 is 27.7 Å². The fourth-order valence-corrected chi connectivity index (χ4v) is 2.45. The minimum Gasteiger partial charge on any atom is -0.463 e. The van der Waals surface area contributed by atoms with Crippen LogP contribution in [-0.2, 0) is 14.3 Å². The topological polar surface area (TPSA) is 46.6 Å². The van der Waals surface area contributed by atoms with Gasteiger partial charge in [0.05, 0.1) is 23.5 Å². The quantitative estimate of drug-likeness (QED) is 0.446. The molecule has 1 fully saturated rings. The van der Waals surface area contributed by atoms with Crippen LogP contribution in [0.15, 0.2) is 11.1 Å². The van der Waals surface area contributed by atoms with Crippen molar-refractivity contribution in [1.82, 2.24) is 4.90 Å². The van der Waals surface area contributed by atoms with Crippen LogP contribution in [0.4, 0.5) is 0 Å². The molecule has 0 aromatic heterocycles. The minimum atomic E-state index is -0.394. The fourth-order valence-electron chi connectivity index (χ4n) is 1.14. The van der Waals surface area contributed by atoms with Crippen molar-refractivity contribution in [2.24, 2.45) is 0 Å². The number of rotatable bonds is 4. The summed E-state index contributed by atoms with van der Waals surface area (Å²) in [4.78, 5) is 24.2. The smallest absolute Gasteiger partial charge is 0.333 e. The van der Waals surface area contributed by atoms with Gasteiger partial charge in [-0.05, 0) is 6.92 Å². The van der Waals surface area contributed by atoms with Crippen molar-refractivity contribution in [3.63, 3.8) is 0 Å². The molecule has 1 aliphatic rings. The Morgan fingerprint density at radius 3 is 3.07 bits per heavy atom. The van der Waals surface area contributed by atoms with Crippen LogP contribution in [0, 0.1) is 0 Å². The normalized spacial score (nSPS) is 18.7. The zero-order valence-electron chi connectivity index (χ0n) is 8.36. The van der Waals surface area contributed by atoms with Crippen LogP contribution in [0.2, 0.25) is 0 Å². The Hall–Kier alpha value is -0.490. The Labute approximate surface area is 101 Å². The summed E-state index contributed by atoms with van der Waals surface area (Å²) in [6.07, 6.45) is 1.38. The molecule has 0 aliphatic carbocycles. The van der Waals surface area contributed by atoms with Crippen LogP contribution in [0.5, 0.6) is 0 Å². The van der Waals surface area contributed by atoms with E-state index >= 15 is 0 Å². The fraction of sp³-hybridized carbons (Fsp3) is 0.556. The number of esters is 1. The van der Waals surface area contributed by atoms with E-state index in [9.17, 15) is 9.59 Å². The molecule has 0 N–H and O–H groups in total. The summed E-state index contributed by atoms with van der Waals surface area (Å²) in [7, 11) is 0. The second-order valence-electron chi connectivity index (χ2n) is 2.76. The first-order valence-corrected chi connectivity index (χ1v) is 6.67. The molecular formula is C9H12BrNO3S. The molecule has 1 saturated heterocycles. The largest absolute Gasteiger partial charge is 0.463 e. The van der Waals surface area contributed by atoms with Crippen LogP contribution in [0.1, 0.15) is 6.92 Å². The first-order valence-electron chi connectivity index (χ1n) is 4.56. The maximum atomic E-state index is 11.4. The van der Waals surface area contributed by atoms with Crippen molar-refractivity contribution < 1.29 is 14.3 Å². The third-order valence-corrected chi connectivity index (χ3v) is 3.13. The molecule has 0 aromatic carbocycles. The number of halogens is 1. The Morgan fingerprint density at radius 1 is 1.73 bits per heavy atom. The second-order valence-corrected chi connectivity index (χ2v) is 4.55. The minimum absolute atomic E-state index is 0.0370. The molecule has 0 atom stereocenters. The van der Waals surface area contributed by atoms with Crippen molar-refractivity contribution in [3.05, 3.63) is 11.1 Å². The van der Waals surface area contributed by atoms with Gasteiger partial charge in [-0.1, -0.05) is 27.7 Å². The van der Waals surface area contributed by atoms with Crippen molar-refractivity contribution >= 4 is 39.6 Å². The first kappa shape index (κ1) is 12.6. The van der Waals surface area contributed by atoms with Gasteiger partial charge in [0, 0.05) is 11.9 Å². The van der Waals surface area contributed by atoms with Gasteiger partial charge in [0.15, 0.2) is 0 Å². The van der Waals surface area contributed by atoms with Crippen LogP contribution in [0.3, 0.4) is 0 Å². The molecule has 0 bridgehead atoms. The summed E-state index contributed by atoms with van der Waals surface area (Å²) in [6.45, 7) is 2.68. The highest BCUT2D eigenvalue weighted by Gasteiger charge is 2.26. The monoisotopic (exact) mass is 293 g/mol. The lowest BCUT2D eigenvalue weighted by Crippen LogP contribution is -2.26. The third kappa shape index (κ3) is 3.53. The summed E-state index contributed by atoms with van der Waals surface area (Å²) in [5, 5.41) is 1.37. The molecule has 0 aromatic rings. The number of alkyl halides is 1. The molecule has 1 heterocycles. The lowest BCUT2D eigenvalue weighted by atomic mass is 10.5. The van der Waals surface area contributed by atoms with E-state index in [2.05, 4.69) is 15.9 Å². The highest BCUT2D eigenvalue weighted by atomic mass is 79.9.